The highest BCUT2D eigenvalue weighted by atomic mass is 16.3. The van der Waals surface area contributed by atoms with Crippen molar-refractivity contribution in [3.63, 3.8) is 0 Å². The van der Waals surface area contributed by atoms with Crippen LogP contribution in [0.1, 0.15) is 22.3 Å². The first-order valence-corrected chi connectivity index (χ1v) is 22.9. The molecule has 0 aliphatic heterocycles. The summed E-state index contributed by atoms with van der Waals surface area (Å²) >= 11 is 0. The Hall–Kier alpha value is -9.13. The van der Waals surface area contributed by atoms with E-state index in [4.69, 9.17) is 29.3 Å². The molecule has 0 saturated heterocycles. The normalized spacial score (nSPS) is 14.2. The third kappa shape index (κ3) is 5.74. The van der Waals surface area contributed by atoms with E-state index < -0.39 is 5.41 Å². The summed E-state index contributed by atoms with van der Waals surface area (Å²) < 4.78 is 7.05. The summed E-state index contributed by atoms with van der Waals surface area (Å²) in [7, 11) is 0. The molecule has 6 nitrogen and oxygen atoms in total. The molecular weight excluding hydrogens is 831 g/mol. The molecule has 2 aliphatic carbocycles. The van der Waals surface area contributed by atoms with Crippen molar-refractivity contribution in [1.82, 2.24) is 24.9 Å². The lowest BCUT2D eigenvalue weighted by molar-refractivity contribution is 0.669. The van der Waals surface area contributed by atoms with Crippen molar-refractivity contribution < 1.29 is 4.42 Å². The van der Waals surface area contributed by atoms with E-state index in [1.54, 1.807) is 0 Å². The van der Waals surface area contributed by atoms with E-state index in [2.05, 4.69) is 127 Å². The van der Waals surface area contributed by atoms with Crippen LogP contribution in [0, 0.1) is 0 Å². The van der Waals surface area contributed by atoms with Gasteiger partial charge in [0.15, 0.2) is 23.3 Å². The molecule has 0 fully saturated rings. The maximum Gasteiger partial charge on any atom is 0.164 e. The van der Waals surface area contributed by atoms with Gasteiger partial charge >= 0.3 is 0 Å². The lowest BCUT2D eigenvalue weighted by Gasteiger charge is -2.30. The van der Waals surface area contributed by atoms with Gasteiger partial charge in [0.1, 0.15) is 11.2 Å². The van der Waals surface area contributed by atoms with Crippen molar-refractivity contribution >= 4 is 21.9 Å². The van der Waals surface area contributed by atoms with Gasteiger partial charge in [0.2, 0.25) is 0 Å². The third-order valence-electron chi connectivity index (χ3n) is 13.8. The lowest BCUT2D eigenvalue weighted by atomic mass is 9.70. The first kappa shape index (κ1) is 38.2. The van der Waals surface area contributed by atoms with E-state index in [1.165, 1.54) is 33.4 Å². The van der Waals surface area contributed by atoms with Gasteiger partial charge in [-0.05, 0) is 69.3 Å². The Labute approximate surface area is 392 Å². The fourth-order valence-electron chi connectivity index (χ4n) is 10.8. The van der Waals surface area contributed by atoms with E-state index >= 15 is 0 Å². The number of hydrogen-bond acceptors (Lipinski definition) is 6. The van der Waals surface area contributed by atoms with E-state index in [0.717, 1.165) is 77.8 Å². The number of furan rings is 1. The van der Waals surface area contributed by atoms with Crippen LogP contribution in [-0.2, 0) is 5.41 Å². The topological polar surface area (TPSA) is 77.6 Å². The minimum atomic E-state index is -0.633. The Morgan fingerprint density at radius 2 is 0.779 bits per heavy atom. The number of fused-ring (bicyclic) bond motifs is 14. The second-order valence-electron chi connectivity index (χ2n) is 17.5. The standard InChI is InChI=1S/C62H37N5O/c1-5-17-38(18-6-1)53-37-54(64-58(63-53)39-19-7-2-8-20-39)42-30-34-55-48(35-42)46-32-33-51-56(57(46)68-55)47-26-14-16-28-50(47)62(51)49-27-15-13-25-44(49)45-31-29-43(36-52(45)62)61-66-59(40-21-9-3-10-22-40)65-60(67-61)41-23-11-4-12-24-41/h1-37H. The van der Waals surface area contributed by atoms with E-state index in [1.807, 2.05) is 97.1 Å². The molecule has 1 unspecified atom stereocenters. The summed E-state index contributed by atoms with van der Waals surface area (Å²) in [6, 6.07) is 78.4. The highest BCUT2D eigenvalue weighted by Gasteiger charge is 2.52. The predicted octanol–water partition coefficient (Wildman–Crippen LogP) is 14.9. The van der Waals surface area contributed by atoms with Gasteiger partial charge in [0.25, 0.3) is 0 Å². The summed E-state index contributed by atoms with van der Waals surface area (Å²) in [6.07, 6.45) is 0. The molecule has 0 bridgehead atoms. The Morgan fingerprint density at radius 3 is 1.41 bits per heavy atom. The maximum atomic E-state index is 7.05. The molecule has 3 heterocycles. The molecule has 9 aromatic carbocycles. The zero-order chi connectivity index (χ0) is 44.8. The molecule has 3 aromatic heterocycles. The van der Waals surface area contributed by atoms with Gasteiger partial charge in [-0.2, -0.15) is 0 Å². The molecule has 0 amide bonds. The van der Waals surface area contributed by atoms with Gasteiger partial charge in [-0.1, -0.05) is 194 Å². The fraction of sp³-hybridized carbons (Fsp3) is 0.0161. The first-order chi connectivity index (χ1) is 33.7. The largest absolute Gasteiger partial charge is 0.455 e. The van der Waals surface area contributed by atoms with Crippen molar-refractivity contribution in [3.8, 4) is 90.3 Å². The second-order valence-corrected chi connectivity index (χ2v) is 17.5. The monoisotopic (exact) mass is 867 g/mol. The third-order valence-corrected chi connectivity index (χ3v) is 13.8. The van der Waals surface area contributed by atoms with Crippen LogP contribution in [0.15, 0.2) is 229 Å². The van der Waals surface area contributed by atoms with E-state index in [-0.39, 0.29) is 0 Å². The number of benzene rings is 9. The number of aromatic nitrogens is 5. The van der Waals surface area contributed by atoms with E-state index in [9.17, 15) is 0 Å². The highest BCUT2D eigenvalue weighted by Crippen LogP contribution is 2.64. The van der Waals surface area contributed by atoms with Gasteiger partial charge in [-0.25, -0.2) is 24.9 Å². The maximum absolute atomic E-state index is 7.05. The molecule has 1 atom stereocenters. The van der Waals surface area contributed by atoms with Gasteiger partial charge in [0.05, 0.1) is 16.8 Å². The molecule has 2 aliphatic rings. The SMILES string of the molecule is c1ccc(-c2cc(-c3ccc4oc5c6c(ccc5c4c3)C3(c4ccccc4-c4ccc(-c5nc(-c7ccccc7)nc(-c7ccccc7)n5)cc43)c3ccccc3-6)nc(-c3ccccc3)n2)cc1. The van der Waals surface area contributed by atoms with Crippen LogP contribution in [-0.4, -0.2) is 24.9 Å². The predicted molar refractivity (Wildman–Crippen MR) is 272 cm³/mol. The smallest absolute Gasteiger partial charge is 0.164 e. The van der Waals surface area contributed by atoms with Crippen LogP contribution in [0.2, 0.25) is 0 Å². The molecular formula is C62H37N5O. The average molecular weight is 868 g/mol. The second kappa shape index (κ2) is 15.0. The first-order valence-electron chi connectivity index (χ1n) is 22.9. The van der Waals surface area contributed by atoms with Crippen molar-refractivity contribution in [2.24, 2.45) is 0 Å². The summed E-state index contributed by atoms with van der Waals surface area (Å²) in [6.45, 7) is 0. The quantitative estimate of drug-likeness (QED) is 0.166. The minimum absolute atomic E-state index is 0.622. The van der Waals surface area contributed by atoms with Gasteiger partial charge in [-0.15, -0.1) is 0 Å². The molecule has 6 heteroatoms. The number of nitrogens with zero attached hydrogens (tertiary/aromatic N) is 5. The van der Waals surface area contributed by atoms with Crippen LogP contribution in [0.3, 0.4) is 0 Å². The van der Waals surface area contributed by atoms with Crippen LogP contribution < -0.4 is 0 Å². The van der Waals surface area contributed by atoms with Gasteiger partial charge < -0.3 is 4.42 Å². The molecule has 1 spiro atoms. The van der Waals surface area contributed by atoms with E-state index in [0.29, 0.717) is 23.3 Å². The average Bonchev–Trinajstić information content (AvgIpc) is 4.05. The molecule has 14 rings (SSSR count). The fourth-order valence-corrected chi connectivity index (χ4v) is 10.8. The number of hydrogen-bond donors (Lipinski definition) is 0. The molecule has 316 valence electrons. The molecule has 0 saturated carbocycles. The van der Waals surface area contributed by atoms with Crippen LogP contribution in [0.25, 0.3) is 112 Å². The van der Waals surface area contributed by atoms with Crippen LogP contribution >= 0.6 is 0 Å². The van der Waals surface area contributed by atoms with Crippen LogP contribution in [0.4, 0.5) is 0 Å². The Bertz CT molecular complexity index is 3850. The lowest BCUT2D eigenvalue weighted by Crippen LogP contribution is -2.25. The zero-order valence-electron chi connectivity index (χ0n) is 36.5. The molecule has 68 heavy (non-hydrogen) atoms. The minimum Gasteiger partial charge on any atom is -0.455 e. The van der Waals surface area contributed by atoms with Crippen molar-refractivity contribution in [2.45, 2.75) is 5.41 Å². The Kier molecular flexibility index (Phi) is 8.39. The number of rotatable bonds is 6. The Morgan fingerprint density at radius 1 is 0.294 bits per heavy atom. The zero-order valence-corrected chi connectivity index (χ0v) is 36.5. The van der Waals surface area contributed by atoms with Crippen molar-refractivity contribution in [3.05, 3.63) is 247 Å². The molecule has 0 N–H and O–H groups in total. The van der Waals surface area contributed by atoms with Crippen molar-refractivity contribution in [2.75, 3.05) is 0 Å². The van der Waals surface area contributed by atoms with Gasteiger partial charge in [0, 0.05) is 49.7 Å². The molecule has 0 radical (unpaired) electrons. The molecule has 12 aromatic rings. The van der Waals surface area contributed by atoms with Crippen molar-refractivity contribution in [1.29, 1.82) is 0 Å². The van der Waals surface area contributed by atoms with Crippen LogP contribution in [0.5, 0.6) is 0 Å². The van der Waals surface area contributed by atoms with Gasteiger partial charge in [-0.3, -0.25) is 0 Å². The summed E-state index contributed by atoms with van der Waals surface area (Å²) in [4.78, 5) is 25.5. The Balaban J connectivity index is 0.966. The summed E-state index contributed by atoms with van der Waals surface area (Å²) in [5.41, 5.74) is 18.1. The summed E-state index contributed by atoms with van der Waals surface area (Å²) in [5, 5.41) is 2.09. The summed E-state index contributed by atoms with van der Waals surface area (Å²) in [5.74, 6) is 2.57. The highest BCUT2D eigenvalue weighted by molar-refractivity contribution is 6.14.